The molecular formula is C18H23Cl2N3O. The van der Waals surface area contributed by atoms with Crippen LogP contribution in [0.2, 0.25) is 0 Å². The van der Waals surface area contributed by atoms with Crippen molar-refractivity contribution in [3.05, 3.63) is 66.0 Å². The summed E-state index contributed by atoms with van der Waals surface area (Å²) in [5, 5.41) is 3.18. The molecule has 1 amide bonds. The van der Waals surface area contributed by atoms with Gasteiger partial charge in [0.2, 0.25) is 5.91 Å². The van der Waals surface area contributed by atoms with Crippen LogP contribution in [0.25, 0.3) is 0 Å². The summed E-state index contributed by atoms with van der Waals surface area (Å²) in [6, 6.07) is 13.9. The quantitative estimate of drug-likeness (QED) is 0.871. The number of hydrogen-bond acceptors (Lipinski definition) is 3. The summed E-state index contributed by atoms with van der Waals surface area (Å²) in [5.41, 5.74) is 7.98. The van der Waals surface area contributed by atoms with Gasteiger partial charge in [-0.1, -0.05) is 36.4 Å². The molecule has 1 aromatic heterocycles. The lowest BCUT2D eigenvalue weighted by Crippen LogP contribution is -2.34. The number of amides is 1. The van der Waals surface area contributed by atoms with Gasteiger partial charge in [0.25, 0.3) is 0 Å². The number of pyridine rings is 1. The molecule has 0 radical (unpaired) electrons. The topological polar surface area (TPSA) is 68.0 Å². The largest absolute Gasteiger partial charge is 0.345 e. The van der Waals surface area contributed by atoms with Crippen molar-refractivity contribution in [2.75, 3.05) is 0 Å². The Hall–Kier alpha value is -1.62. The van der Waals surface area contributed by atoms with Crippen LogP contribution < -0.4 is 11.1 Å². The highest BCUT2D eigenvalue weighted by Crippen LogP contribution is 2.27. The third-order valence-electron chi connectivity index (χ3n) is 4.28. The van der Waals surface area contributed by atoms with Crippen molar-refractivity contribution < 1.29 is 4.79 Å². The Balaban J connectivity index is 0.00000144. The maximum Gasteiger partial charge on any atom is 0.223 e. The molecule has 3 rings (SSSR count). The van der Waals surface area contributed by atoms with E-state index in [0.717, 1.165) is 30.4 Å². The number of carbonyl (C=O) groups excluding carboxylic acids is 1. The van der Waals surface area contributed by atoms with E-state index in [1.54, 1.807) is 12.4 Å². The van der Waals surface area contributed by atoms with E-state index in [9.17, 15) is 4.79 Å². The number of rotatable bonds is 4. The Morgan fingerprint density at radius 3 is 2.38 bits per heavy atom. The highest BCUT2D eigenvalue weighted by molar-refractivity contribution is 5.85. The van der Waals surface area contributed by atoms with E-state index in [1.807, 2.05) is 42.5 Å². The number of nitrogens with zero attached hydrogens (tertiary/aromatic N) is 1. The van der Waals surface area contributed by atoms with Gasteiger partial charge in [-0.15, -0.1) is 24.8 Å². The van der Waals surface area contributed by atoms with Crippen LogP contribution in [0.3, 0.4) is 0 Å². The highest BCUT2D eigenvalue weighted by Gasteiger charge is 2.29. The van der Waals surface area contributed by atoms with Gasteiger partial charge in [0.05, 0.1) is 6.04 Å². The van der Waals surface area contributed by atoms with Crippen molar-refractivity contribution in [1.29, 1.82) is 0 Å². The number of aromatic nitrogens is 1. The lowest BCUT2D eigenvalue weighted by Gasteiger charge is -2.21. The molecule has 3 unspecified atom stereocenters. The fourth-order valence-electron chi connectivity index (χ4n) is 3.07. The Kier molecular flexibility index (Phi) is 8.19. The normalized spacial score (nSPS) is 20.4. The van der Waals surface area contributed by atoms with E-state index in [4.69, 9.17) is 5.73 Å². The van der Waals surface area contributed by atoms with Crippen LogP contribution in [0.4, 0.5) is 0 Å². The summed E-state index contributed by atoms with van der Waals surface area (Å²) in [5.74, 6) is 0.114. The smallest absolute Gasteiger partial charge is 0.223 e. The van der Waals surface area contributed by atoms with Crippen LogP contribution in [-0.4, -0.2) is 16.9 Å². The maximum atomic E-state index is 12.6. The number of nitrogens with two attached hydrogens (primary N) is 1. The monoisotopic (exact) mass is 367 g/mol. The SMILES string of the molecule is Cl.Cl.NC1CCC(C(=O)NC(c2ccccc2)c2cccnc2)C1. The van der Waals surface area contributed by atoms with E-state index in [0.29, 0.717) is 0 Å². The average molecular weight is 368 g/mol. The molecule has 1 heterocycles. The van der Waals surface area contributed by atoms with Crippen LogP contribution in [0.15, 0.2) is 54.9 Å². The minimum absolute atomic E-state index is 0. The van der Waals surface area contributed by atoms with E-state index >= 15 is 0 Å². The number of halogens is 2. The van der Waals surface area contributed by atoms with Crippen molar-refractivity contribution in [2.45, 2.75) is 31.3 Å². The summed E-state index contributed by atoms with van der Waals surface area (Å²) in [7, 11) is 0. The molecule has 1 aliphatic rings. The van der Waals surface area contributed by atoms with Crippen molar-refractivity contribution in [3.63, 3.8) is 0 Å². The minimum Gasteiger partial charge on any atom is -0.345 e. The second-order valence-electron chi connectivity index (χ2n) is 5.91. The molecule has 24 heavy (non-hydrogen) atoms. The van der Waals surface area contributed by atoms with Gasteiger partial charge in [-0.05, 0) is 36.5 Å². The molecule has 1 aromatic carbocycles. The molecule has 2 aromatic rings. The predicted molar refractivity (Wildman–Crippen MR) is 100 cm³/mol. The van der Waals surface area contributed by atoms with Crippen molar-refractivity contribution in [3.8, 4) is 0 Å². The second-order valence-corrected chi connectivity index (χ2v) is 5.91. The third-order valence-corrected chi connectivity index (χ3v) is 4.28. The zero-order valence-corrected chi connectivity index (χ0v) is 14.9. The third kappa shape index (κ3) is 4.94. The van der Waals surface area contributed by atoms with Crippen molar-refractivity contribution >= 4 is 30.7 Å². The Morgan fingerprint density at radius 1 is 1.08 bits per heavy atom. The van der Waals surface area contributed by atoms with Crippen LogP contribution in [0.1, 0.15) is 36.4 Å². The molecule has 130 valence electrons. The molecule has 0 spiro atoms. The van der Waals surface area contributed by atoms with Crippen molar-refractivity contribution in [1.82, 2.24) is 10.3 Å². The van der Waals surface area contributed by atoms with Gasteiger partial charge < -0.3 is 11.1 Å². The molecule has 1 saturated carbocycles. The molecule has 3 N–H and O–H groups in total. The zero-order valence-electron chi connectivity index (χ0n) is 13.3. The molecule has 1 fully saturated rings. The minimum atomic E-state index is -0.167. The molecule has 1 aliphatic carbocycles. The summed E-state index contributed by atoms with van der Waals surface area (Å²) >= 11 is 0. The first-order valence-electron chi connectivity index (χ1n) is 7.75. The first kappa shape index (κ1) is 20.4. The average Bonchev–Trinajstić information content (AvgIpc) is 3.01. The fraction of sp³-hybridized carbons (Fsp3) is 0.333. The van der Waals surface area contributed by atoms with Gasteiger partial charge in [0.1, 0.15) is 0 Å². The van der Waals surface area contributed by atoms with Gasteiger partial charge in [-0.3, -0.25) is 9.78 Å². The first-order chi connectivity index (χ1) is 10.7. The second kappa shape index (κ2) is 9.62. The van der Waals surface area contributed by atoms with E-state index < -0.39 is 0 Å². The van der Waals surface area contributed by atoms with E-state index in [-0.39, 0.29) is 48.7 Å². The number of nitrogens with one attached hydrogen (secondary N) is 1. The van der Waals surface area contributed by atoms with Gasteiger partial charge in [-0.2, -0.15) is 0 Å². The Bertz CT molecular complexity index is 585. The number of hydrogen-bond donors (Lipinski definition) is 2. The van der Waals surface area contributed by atoms with Crippen LogP contribution in [0.5, 0.6) is 0 Å². The van der Waals surface area contributed by atoms with E-state index in [2.05, 4.69) is 10.3 Å². The fourth-order valence-corrected chi connectivity index (χ4v) is 3.07. The van der Waals surface area contributed by atoms with Gasteiger partial charge in [0.15, 0.2) is 0 Å². The number of benzene rings is 1. The van der Waals surface area contributed by atoms with Crippen molar-refractivity contribution in [2.24, 2.45) is 11.7 Å². The molecule has 4 nitrogen and oxygen atoms in total. The summed E-state index contributed by atoms with van der Waals surface area (Å²) < 4.78 is 0. The van der Waals surface area contributed by atoms with Gasteiger partial charge in [0, 0.05) is 24.4 Å². The lowest BCUT2D eigenvalue weighted by atomic mass is 9.98. The summed E-state index contributed by atoms with van der Waals surface area (Å²) in [6.45, 7) is 0. The molecule has 6 heteroatoms. The molecule has 0 aliphatic heterocycles. The van der Waals surface area contributed by atoms with Crippen LogP contribution >= 0.6 is 24.8 Å². The maximum absolute atomic E-state index is 12.6. The van der Waals surface area contributed by atoms with Gasteiger partial charge >= 0.3 is 0 Å². The zero-order chi connectivity index (χ0) is 15.4. The Labute approximate surface area is 155 Å². The van der Waals surface area contributed by atoms with E-state index in [1.165, 1.54) is 0 Å². The molecule has 0 bridgehead atoms. The number of carbonyl (C=O) groups is 1. The van der Waals surface area contributed by atoms with Gasteiger partial charge in [-0.25, -0.2) is 0 Å². The summed E-state index contributed by atoms with van der Waals surface area (Å²) in [6.07, 6.45) is 6.13. The molecule has 0 saturated heterocycles. The Morgan fingerprint density at radius 2 is 1.79 bits per heavy atom. The molecule has 3 atom stereocenters. The summed E-state index contributed by atoms with van der Waals surface area (Å²) in [4.78, 5) is 16.7. The lowest BCUT2D eigenvalue weighted by molar-refractivity contribution is -0.125. The molecular weight excluding hydrogens is 345 g/mol. The predicted octanol–water partition coefficient (Wildman–Crippen LogP) is 3.26. The standard InChI is InChI=1S/C18H21N3O.2ClH/c19-16-9-8-14(11-16)18(22)21-17(13-5-2-1-3-6-13)15-7-4-10-20-12-15;;/h1-7,10,12,14,16-17H,8-9,11,19H2,(H,21,22);2*1H. The van der Waals surface area contributed by atoms with Crippen LogP contribution in [-0.2, 0) is 4.79 Å². The first-order valence-corrected chi connectivity index (χ1v) is 7.75. The highest BCUT2D eigenvalue weighted by atomic mass is 35.5. The van der Waals surface area contributed by atoms with Crippen LogP contribution in [0, 0.1) is 5.92 Å².